The van der Waals surface area contributed by atoms with Crippen LogP contribution in [0.3, 0.4) is 0 Å². The zero-order valence-corrected chi connectivity index (χ0v) is 26.7. The van der Waals surface area contributed by atoms with Crippen LogP contribution in [-0.4, -0.2) is 59.3 Å². The second kappa shape index (κ2) is 13.6. The Hall–Kier alpha value is -3.18. The maximum atomic E-state index is 13.5. The smallest absolute Gasteiger partial charge is 0.303 e. The van der Waals surface area contributed by atoms with Crippen molar-refractivity contribution in [1.29, 1.82) is 0 Å². The van der Waals surface area contributed by atoms with E-state index in [1.807, 2.05) is 30.3 Å². The summed E-state index contributed by atoms with van der Waals surface area (Å²) in [5.41, 5.74) is 5.49. The van der Waals surface area contributed by atoms with Gasteiger partial charge in [0.1, 0.15) is 0 Å². The van der Waals surface area contributed by atoms with E-state index in [0.717, 1.165) is 35.1 Å². The van der Waals surface area contributed by atoms with Gasteiger partial charge in [-0.3, -0.25) is 19.3 Å². The number of carboxylic acid groups (broad SMARTS) is 1. The summed E-state index contributed by atoms with van der Waals surface area (Å²) < 4.78 is 12.5. The quantitative estimate of drug-likeness (QED) is 0.0879. The molecule has 2 fully saturated rings. The number of carboxylic acids is 1. The van der Waals surface area contributed by atoms with Gasteiger partial charge in [-0.15, -0.1) is 0 Å². The van der Waals surface area contributed by atoms with Gasteiger partial charge >= 0.3 is 5.97 Å². The lowest BCUT2D eigenvalue weighted by atomic mass is 9.70. The number of allylic oxidation sites excluding steroid dienone is 2. The molecule has 228 valence electrons. The van der Waals surface area contributed by atoms with Gasteiger partial charge in [-0.2, -0.15) is 0 Å². The molecule has 0 spiro atoms. The zero-order valence-electron chi connectivity index (χ0n) is 24.6. The molecular formula is C34H38INO7. The molecule has 0 aromatic heterocycles. The normalized spacial score (nSPS) is 23.5. The van der Waals surface area contributed by atoms with Crippen molar-refractivity contribution >= 4 is 52.0 Å². The molecule has 1 aliphatic carbocycles. The number of likely N-dealkylation sites (tertiary alicyclic amines) is 1. The topological polar surface area (TPSA) is 113 Å². The predicted octanol–water partition coefficient (Wildman–Crippen LogP) is 6.31. The van der Waals surface area contributed by atoms with Gasteiger partial charge < -0.3 is 19.7 Å². The molecule has 2 aromatic rings. The number of carbonyl (C=O) groups excluding carboxylic acids is 2. The van der Waals surface area contributed by atoms with Crippen molar-refractivity contribution in [1.82, 2.24) is 4.90 Å². The molecule has 9 heteroatoms. The van der Waals surface area contributed by atoms with Crippen molar-refractivity contribution in [3.05, 3.63) is 68.3 Å². The number of phenolic OH excluding ortho intramolecular Hbond substituents is 1. The zero-order chi connectivity index (χ0) is 30.7. The standard InChI is InChI=1S/C34H38INO7/c1-20-15-24-31(34(41)36(33(24)40)14-8-4-7-11-29(37)38)25-19-43-27(30(20)25)13-12-23(22-9-5-3-6-10-22)16-21-17-26(35)32(39)28(18-21)42-2/h3,5-6,9-10,16-18,24-25,27,31,39H,4,7-8,11-15,19H2,1-2H3,(H,37,38)/b23-16-/t24-,25+,27-,31-/m1/s1. The number of hydrogen-bond acceptors (Lipinski definition) is 6. The average molecular weight is 700 g/mol. The number of ether oxygens (including phenoxy) is 2. The van der Waals surface area contributed by atoms with Gasteiger partial charge in [-0.05, 0) is 96.0 Å². The first kappa shape index (κ1) is 31.3. The summed E-state index contributed by atoms with van der Waals surface area (Å²) in [6.45, 7) is 2.86. The monoisotopic (exact) mass is 699 g/mol. The van der Waals surface area contributed by atoms with Gasteiger partial charge in [0.15, 0.2) is 11.5 Å². The Morgan fingerprint density at radius 1 is 1.09 bits per heavy atom. The minimum absolute atomic E-state index is 0.0932. The SMILES string of the molecule is COc1cc(/C=C(/CC[C@H]2OC[C@H]3C2=C(C)C[C@H]2C(=O)N(CCCCCC(=O)O)C(=O)[C@H]23)c2ccccc2)cc(I)c1O. The molecule has 0 radical (unpaired) electrons. The van der Waals surface area contributed by atoms with E-state index in [4.69, 9.17) is 14.6 Å². The lowest BCUT2D eigenvalue weighted by Crippen LogP contribution is -2.34. The number of halogens is 1. The number of carbonyl (C=O) groups is 3. The molecule has 0 bridgehead atoms. The highest BCUT2D eigenvalue weighted by molar-refractivity contribution is 14.1. The van der Waals surface area contributed by atoms with E-state index in [1.54, 1.807) is 7.11 Å². The maximum Gasteiger partial charge on any atom is 0.303 e. The molecule has 2 aliphatic heterocycles. The second-order valence-electron chi connectivity index (χ2n) is 11.7. The van der Waals surface area contributed by atoms with E-state index in [0.29, 0.717) is 48.2 Å². The number of phenols is 1. The Morgan fingerprint density at radius 2 is 1.86 bits per heavy atom. The van der Waals surface area contributed by atoms with Crippen molar-refractivity contribution in [2.45, 2.75) is 58.0 Å². The number of benzene rings is 2. The number of fused-ring (bicyclic) bond motifs is 3. The molecule has 0 saturated carbocycles. The summed E-state index contributed by atoms with van der Waals surface area (Å²) in [6, 6.07) is 13.9. The lowest BCUT2D eigenvalue weighted by Gasteiger charge is -2.30. The number of unbranched alkanes of at least 4 members (excludes halogenated alkanes) is 2. The highest BCUT2D eigenvalue weighted by Gasteiger charge is 2.56. The number of imide groups is 1. The molecule has 8 nitrogen and oxygen atoms in total. The fraction of sp³-hybridized carbons (Fsp3) is 0.441. The number of aromatic hydroxyl groups is 1. The van der Waals surface area contributed by atoms with Gasteiger partial charge in [-0.1, -0.05) is 48.4 Å². The number of amides is 2. The number of nitrogens with zero attached hydrogens (tertiary/aromatic N) is 1. The molecule has 2 N–H and O–H groups in total. The van der Waals surface area contributed by atoms with Crippen molar-refractivity contribution in [2.75, 3.05) is 20.3 Å². The maximum absolute atomic E-state index is 13.5. The van der Waals surface area contributed by atoms with Crippen molar-refractivity contribution in [2.24, 2.45) is 17.8 Å². The lowest BCUT2D eigenvalue weighted by molar-refractivity contribution is -0.141. The third-order valence-electron chi connectivity index (χ3n) is 8.95. The molecular weight excluding hydrogens is 661 g/mol. The Morgan fingerprint density at radius 3 is 2.58 bits per heavy atom. The van der Waals surface area contributed by atoms with Gasteiger partial charge in [0.25, 0.3) is 0 Å². The molecule has 3 aliphatic rings. The summed E-state index contributed by atoms with van der Waals surface area (Å²) in [5.74, 6) is -1.29. The Balaban J connectivity index is 1.31. The molecule has 2 heterocycles. The molecule has 2 saturated heterocycles. The van der Waals surface area contributed by atoms with Crippen molar-refractivity contribution in [3.63, 3.8) is 0 Å². The number of rotatable bonds is 12. The third-order valence-corrected chi connectivity index (χ3v) is 9.77. The van der Waals surface area contributed by atoms with Crippen LogP contribution in [-0.2, 0) is 19.1 Å². The Labute approximate surface area is 265 Å². The van der Waals surface area contributed by atoms with Crippen LogP contribution in [0, 0.1) is 21.3 Å². The van der Waals surface area contributed by atoms with Crippen molar-refractivity contribution < 1.29 is 34.1 Å². The van der Waals surface area contributed by atoms with Gasteiger partial charge in [0, 0.05) is 18.9 Å². The van der Waals surface area contributed by atoms with E-state index >= 15 is 0 Å². The van der Waals surface area contributed by atoms with E-state index in [-0.39, 0.29) is 47.8 Å². The van der Waals surface area contributed by atoms with Crippen LogP contribution in [0.1, 0.15) is 63.0 Å². The molecule has 4 atom stereocenters. The summed E-state index contributed by atoms with van der Waals surface area (Å²) in [6.07, 6.45) is 5.98. The average Bonchev–Trinajstić information content (AvgIpc) is 3.52. The summed E-state index contributed by atoms with van der Waals surface area (Å²) in [4.78, 5) is 39.0. The fourth-order valence-corrected chi connectivity index (χ4v) is 7.54. The Kier molecular flexibility index (Phi) is 9.91. The van der Waals surface area contributed by atoms with Gasteiger partial charge in [0.05, 0.1) is 35.2 Å². The minimum Gasteiger partial charge on any atom is -0.504 e. The second-order valence-corrected chi connectivity index (χ2v) is 12.8. The highest BCUT2D eigenvalue weighted by atomic mass is 127. The highest BCUT2D eigenvalue weighted by Crippen LogP contribution is 2.50. The summed E-state index contributed by atoms with van der Waals surface area (Å²) in [5, 5.41) is 19.2. The molecule has 2 amide bonds. The summed E-state index contributed by atoms with van der Waals surface area (Å²) >= 11 is 2.10. The van der Waals surface area contributed by atoms with Crippen LogP contribution in [0.2, 0.25) is 0 Å². The van der Waals surface area contributed by atoms with Crippen LogP contribution in [0.4, 0.5) is 0 Å². The molecule has 2 aromatic carbocycles. The molecule has 43 heavy (non-hydrogen) atoms. The third kappa shape index (κ3) is 6.67. The fourth-order valence-electron chi connectivity index (χ4n) is 6.91. The predicted molar refractivity (Wildman–Crippen MR) is 171 cm³/mol. The minimum atomic E-state index is -0.828. The molecule has 0 unspecified atom stereocenters. The van der Waals surface area contributed by atoms with E-state index < -0.39 is 5.97 Å². The van der Waals surface area contributed by atoms with Gasteiger partial charge in [0.2, 0.25) is 11.8 Å². The van der Waals surface area contributed by atoms with Crippen LogP contribution in [0.15, 0.2) is 53.6 Å². The van der Waals surface area contributed by atoms with E-state index in [9.17, 15) is 19.5 Å². The number of hydrogen-bond donors (Lipinski definition) is 2. The first-order valence-corrected chi connectivity index (χ1v) is 16.0. The van der Waals surface area contributed by atoms with Crippen molar-refractivity contribution in [3.8, 4) is 11.5 Å². The van der Waals surface area contributed by atoms with Gasteiger partial charge in [-0.25, -0.2) is 0 Å². The largest absolute Gasteiger partial charge is 0.504 e. The van der Waals surface area contributed by atoms with E-state index in [2.05, 4.69) is 47.7 Å². The Bertz CT molecular complexity index is 1450. The van der Waals surface area contributed by atoms with Crippen LogP contribution >= 0.6 is 22.6 Å². The number of aliphatic carboxylic acids is 1. The number of methoxy groups -OCH3 is 1. The van der Waals surface area contributed by atoms with Crippen LogP contribution < -0.4 is 4.74 Å². The first-order valence-electron chi connectivity index (χ1n) is 14.9. The van der Waals surface area contributed by atoms with Crippen LogP contribution in [0.5, 0.6) is 11.5 Å². The van der Waals surface area contributed by atoms with Crippen LogP contribution in [0.25, 0.3) is 11.6 Å². The molecule has 5 rings (SSSR count). The van der Waals surface area contributed by atoms with E-state index in [1.165, 1.54) is 10.5 Å². The first-order chi connectivity index (χ1) is 20.7. The summed E-state index contributed by atoms with van der Waals surface area (Å²) in [7, 11) is 1.54.